The third-order valence-electron chi connectivity index (χ3n) is 13.6. The zero-order valence-corrected chi connectivity index (χ0v) is 31.9. The summed E-state index contributed by atoms with van der Waals surface area (Å²) in [6.07, 6.45) is -13.1. The lowest BCUT2D eigenvalue weighted by atomic mass is 9.56. The number of hydrogen-bond donors (Lipinski definition) is 0. The highest BCUT2D eigenvalue weighted by Crippen LogP contribution is 2.67. The molecular formula is C39H68F16. The molecule has 0 nitrogen and oxygen atoms in total. The molecule has 4 rings (SSSR count). The molecule has 0 saturated heterocycles. The van der Waals surface area contributed by atoms with Crippen LogP contribution in [0.15, 0.2) is 0 Å². The molecule has 0 N–H and O–H groups in total. The van der Waals surface area contributed by atoms with Crippen LogP contribution in [0.2, 0.25) is 0 Å². The lowest BCUT2D eigenvalue weighted by Gasteiger charge is -2.51. The Hall–Kier alpha value is -1.12. The van der Waals surface area contributed by atoms with Crippen molar-refractivity contribution in [2.75, 3.05) is 0 Å². The molecule has 4 aliphatic carbocycles. The SMILES string of the molecule is C.CC1CCC(C(C2CCC(C)CC2)(C(F)(F)F)C(F)(F)F)CC1.CCCC1CCC(C(C2CCC(CCC)CC2)(C(F)(F)F)C(F)(F)F)CC1.F.F.F.F. The summed E-state index contributed by atoms with van der Waals surface area (Å²) in [5.74, 6) is -4.28. The third kappa shape index (κ3) is 12.4. The van der Waals surface area contributed by atoms with E-state index in [9.17, 15) is 52.7 Å². The van der Waals surface area contributed by atoms with E-state index in [1.54, 1.807) is 0 Å². The second kappa shape index (κ2) is 22.9. The fraction of sp³-hybridized carbons (Fsp3) is 1.00. The summed E-state index contributed by atoms with van der Waals surface area (Å²) in [5, 5.41) is 0. The van der Waals surface area contributed by atoms with Crippen LogP contribution in [-0.4, -0.2) is 24.7 Å². The fourth-order valence-corrected chi connectivity index (χ4v) is 10.9. The normalized spacial score (nSPS) is 29.7. The molecule has 0 amide bonds. The highest BCUT2D eigenvalue weighted by Gasteiger charge is 2.77. The maximum absolute atomic E-state index is 14.2. The van der Waals surface area contributed by atoms with Gasteiger partial charge in [-0.25, -0.2) is 0 Å². The van der Waals surface area contributed by atoms with E-state index in [1.165, 1.54) is 0 Å². The van der Waals surface area contributed by atoms with E-state index in [0.717, 1.165) is 25.7 Å². The lowest BCUT2D eigenvalue weighted by molar-refractivity contribution is -0.383. The van der Waals surface area contributed by atoms with E-state index in [-0.39, 0.29) is 101 Å². The van der Waals surface area contributed by atoms with Gasteiger partial charge in [0, 0.05) is 0 Å². The monoisotopic (exact) mass is 841 g/mol. The Kier molecular flexibility index (Phi) is 24.2. The van der Waals surface area contributed by atoms with Crippen LogP contribution in [0.25, 0.3) is 0 Å². The summed E-state index contributed by atoms with van der Waals surface area (Å²) in [7, 11) is 0. The van der Waals surface area contributed by atoms with Gasteiger partial charge in [0.05, 0.1) is 0 Å². The molecule has 16 heteroatoms. The standard InChI is InChI=1S/C21H34F6.C17H26F6.CH4.4FH/c1-3-5-15-7-11-17(12-8-15)19(20(22,23)24,21(25,26)27)18-13-9-16(6-4-2)10-14-18;1-11-3-7-13(8-4-11)15(16(18,19)20,17(21,22)23)14-9-5-12(2)6-10-14;;;;;/h15-18H,3-14H2,1-2H3;11-14H,3-10H2,1-2H3;1H4;4*1H. The van der Waals surface area contributed by atoms with Gasteiger partial charge in [0.15, 0.2) is 10.8 Å². The Morgan fingerprint density at radius 1 is 0.345 bits per heavy atom. The highest BCUT2D eigenvalue weighted by atomic mass is 19.4. The van der Waals surface area contributed by atoms with Gasteiger partial charge in [-0.2, -0.15) is 52.7 Å². The van der Waals surface area contributed by atoms with Crippen molar-refractivity contribution < 1.29 is 71.5 Å². The first-order chi connectivity index (χ1) is 23.1. The number of alkyl halides is 12. The van der Waals surface area contributed by atoms with Gasteiger partial charge in [0.2, 0.25) is 0 Å². The maximum Gasteiger partial charge on any atom is 0.403 e. The minimum absolute atomic E-state index is 0. The first-order valence-electron chi connectivity index (χ1n) is 19.3. The molecule has 0 spiro atoms. The molecule has 4 saturated carbocycles. The van der Waals surface area contributed by atoms with Gasteiger partial charge in [-0.15, -0.1) is 0 Å². The van der Waals surface area contributed by atoms with Gasteiger partial charge in [-0.3, -0.25) is 18.8 Å². The second-order valence-electron chi connectivity index (χ2n) is 16.7. The van der Waals surface area contributed by atoms with Crippen molar-refractivity contribution in [3.8, 4) is 0 Å². The van der Waals surface area contributed by atoms with Crippen molar-refractivity contribution in [1.82, 2.24) is 0 Å². The summed E-state index contributed by atoms with van der Waals surface area (Å²) in [5.41, 5.74) is -7.03. The van der Waals surface area contributed by atoms with E-state index in [4.69, 9.17) is 0 Å². The maximum atomic E-state index is 14.2. The molecule has 0 aliphatic heterocycles. The molecule has 0 unspecified atom stereocenters. The molecule has 0 bridgehead atoms. The zero-order chi connectivity index (χ0) is 37.8. The van der Waals surface area contributed by atoms with Crippen LogP contribution in [0.3, 0.4) is 0 Å². The molecular weight excluding hydrogens is 772 g/mol. The van der Waals surface area contributed by atoms with Crippen LogP contribution in [0, 0.1) is 58.2 Å². The molecule has 0 aromatic heterocycles. The van der Waals surface area contributed by atoms with Crippen molar-refractivity contribution >= 4 is 0 Å². The van der Waals surface area contributed by atoms with Crippen LogP contribution in [-0.2, 0) is 0 Å². The highest BCUT2D eigenvalue weighted by molar-refractivity contribution is 5.06. The van der Waals surface area contributed by atoms with E-state index in [0.29, 0.717) is 51.4 Å². The Morgan fingerprint density at radius 2 is 0.527 bits per heavy atom. The van der Waals surface area contributed by atoms with E-state index >= 15 is 0 Å². The molecule has 0 atom stereocenters. The molecule has 336 valence electrons. The van der Waals surface area contributed by atoms with E-state index in [2.05, 4.69) is 0 Å². The van der Waals surface area contributed by atoms with Gasteiger partial charge < -0.3 is 0 Å². The van der Waals surface area contributed by atoms with Crippen molar-refractivity contribution in [2.24, 2.45) is 58.2 Å². The van der Waals surface area contributed by atoms with Crippen LogP contribution in [0.5, 0.6) is 0 Å². The molecule has 0 radical (unpaired) electrons. The molecule has 0 aromatic carbocycles. The first kappa shape index (κ1) is 58.2. The van der Waals surface area contributed by atoms with Gasteiger partial charge in [0.1, 0.15) is 0 Å². The average Bonchev–Trinajstić information content (AvgIpc) is 2.99. The third-order valence-corrected chi connectivity index (χ3v) is 13.6. The Morgan fingerprint density at radius 3 is 0.691 bits per heavy atom. The van der Waals surface area contributed by atoms with E-state index < -0.39 is 59.2 Å². The van der Waals surface area contributed by atoms with Crippen LogP contribution >= 0.6 is 0 Å². The smallest absolute Gasteiger partial charge is 0.269 e. The second-order valence-corrected chi connectivity index (χ2v) is 16.7. The topological polar surface area (TPSA) is 0 Å². The van der Waals surface area contributed by atoms with Crippen molar-refractivity contribution in [3.63, 3.8) is 0 Å². The van der Waals surface area contributed by atoms with Crippen LogP contribution in [0.4, 0.5) is 71.5 Å². The lowest BCUT2D eigenvalue weighted by Crippen LogP contribution is -2.60. The molecule has 0 heterocycles. The molecule has 0 aromatic rings. The summed E-state index contributed by atoms with van der Waals surface area (Å²) in [4.78, 5) is 0. The fourth-order valence-electron chi connectivity index (χ4n) is 10.9. The van der Waals surface area contributed by atoms with Crippen molar-refractivity contribution in [2.45, 2.75) is 188 Å². The first-order valence-corrected chi connectivity index (χ1v) is 19.3. The Labute approximate surface area is 317 Å². The largest absolute Gasteiger partial charge is 0.403 e. The average molecular weight is 841 g/mol. The molecule has 55 heavy (non-hydrogen) atoms. The van der Waals surface area contributed by atoms with Gasteiger partial charge in [0.25, 0.3) is 0 Å². The Bertz CT molecular complexity index is 905. The van der Waals surface area contributed by atoms with Crippen LogP contribution < -0.4 is 0 Å². The van der Waals surface area contributed by atoms with Gasteiger partial charge in [-0.05, 0) is 98.7 Å². The van der Waals surface area contributed by atoms with Gasteiger partial charge >= 0.3 is 24.7 Å². The predicted molar refractivity (Wildman–Crippen MR) is 189 cm³/mol. The minimum Gasteiger partial charge on any atom is -0.269 e. The summed E-state index contributed by atoms with van der Waals surface area (Å²) in [6, 6.07) is 0. The number of hydrogen-bond acceptors (Lipinski definition) is 0. The summed E-state index contributed by atoms with van der Waals surface area (Å²) in [6.45, 7) is 7.83. The Balaban J connectivity index is -0.000000910. The minimum atomic E-state index is -5.24. The van der Waals surface area contributed by atoms with E-state index in [1.807, 2.05) is 27.7 Å². The quantitative estimate of drug-likeness (QED) is 0.214. The number of halogens is 16. The predicted octanol–water partition coefficient (Wildman–Crippen LogP) is 16.3. The summed E-state index contributed by atoms with van der Waals surface area (Å²) < 4.78 is 169. The van der Waals surface area contributed by atoms with Gasteiger partial charge in [-0.1, -0.05) is 112 Å². The summed E-state index contributed by atoms with van der Waals surface area (Å²) >= 11 is 0. The zero-order valence-electron chi connectivity index (χ0n) is 31.9. The van der Waals surface area contributed by atoms with Crippen molar-refractivity contribution in [1.29, 1.82) is 0 Å². The van der Waals surface area contributed by atoms with Crippen molar-refractivity contribution in [3.05, 3.63) is 0 Å². The molecule has 4 aliphatic rings. The number of rotatable bonds is 8. The van der Waals surface area contributed by atoms with Crippen LogP contribution in [0.1, 0.15) is 164 Å². The molecule has 4 fully saturated rings.